The summed E-state index contributed by atoms with van der Waals surface area (Å²) in [7, 11) is 0. The van der Waals surface area contributed by atoms with E-state index in [-0.39, 0.29) is 31.1 Å². The molecule has 0 aromatic rings. The van der Waals surface area contributed by atoms with Gasteiger partial charge in [-0.1, -0.05) is 33.6 Å². The lowest BCUT2D eigenvalue weighted by molar-refractivity contribution is -0.156. The fraction of sp³-hybridized carbons (Fsp3) is 0.867. The quantitative estimate of drug-likeness (QED) is 0.550. The van der Waals surface area contributed by atoms with Gasteiger partial charge in [0.2, 0.25) is 0 Å². The Labute approximate surface area is 115 Å². The van der Waals surface area contributed by atoms with Gasteiger partial charge in [-0.15, -0.1) is 0 Å². The average molecular weight is 270 g/mol. The second-order valence-electron chi connectivity index (χ2n) is 5.56. The highest BCUT2D eigenvalue weighted by molar-refractivity contribution is 5.72. The molecule has 1 aliphatic rings. The minimum Gasteiger partial charge on any atom is -0.462 e. The summed E-state index contributed by atoms with van der Waals surface area (Å²) in [6.45, 7) is 6.25. The molecule has 1 rings (SSSR count). The first-order chi connectivity index (χ1) is 9.04. The van der Waals surface area contributed by atoms with E-state index in [0.717, 1.165) is 12.8 Å². The van der Waals surface area contributed by atoms with Crippen molar-refractivity contribution in [1.82, 2.24) is 0 Å². The van der Waals surface area contributed by atoms with Crippen LogP contribution in [0.15, 0.2) is 0 Å². The molecule has 0 heterocycles. The van der Waals surface area contributed by atoms with Crippen LogP contribution in [0.4, 0.5) is 0 Å². The van der Waals surface area contributed by atoms with E-state index in [1.807, 2.05) is 6.92 Å². The Kier molecular flexibility index (Phi) is 6.89. The van der Waals surface area contributed by atoms with Crippen LogP contribution in [0.5, 0.6) is 0 Å². The Balaban J connectivity index is 2.22. The van der Waals surface area contributed by atoms with E-state index in [9.17, 15) is 9.59 Å². The maximum atomic E-state index is 11.9. The Morgan fingerprint density at radius 3 is 2.53 bits per heavy atom. The molecule has 0 radical (unpaired) electrons. The molecule has 4 nitrogen and oxygen atoms in total. The maximum absolute atomic E-state index is 11.9. The molecule has 4 heteroatoms. The molecule has 19 heavy (non-hydrogen) atoms. The first-order valence-corrected chi connectivity index (χ1v) is 7.36. The van der Waals surface area contributed by atoms with Gasteiger partial charge in [-0.2, -0.15) is 0 Å². The summed E-state index contributed by atoms with van der Waals surface area (Å²) in [5, 5.41) is 0. The van der Waals surface area contributed by atoms with Gasteiger partial charge in [0, 0.05) is 6.42 Å². The number of ether oxygens (including phenoxy) is 2. The van der Waals surface area contributed by atoms with Gasteiger partial charge < -0.3 is 9.47 Å². The lowest BCUT2D eigenvalue weighted by Gasteiger charge is -2.30. The number of hydrogen-bond acceptors (Lipinski definition) is 4. The minimum absolute atomic E-state index is 0.0513. The summed E-state index contributed by atoms with van der Waals surface area (Å²) < 4.78 is 10.0. The van der Waals surface area contributed by atoms with E-state index in [1.165, 1.54) is 12.8 Å². The number of carbonyl (C=O) groups excluding carboxylic acids is 2. The number of carbonyl (C=O) groups is 2. The van der Waals surface area contributed by atoms with E-state index in [2.05, 4.69) is 6.92 Å². The van der Waals surface area contributed by atoms with Gasteiger partial charge in [0.15, 0.2) is 0 Å². The largest absolute Gasteiger partial charge is 0.462 e. The SMILES string of the molecule is CCC(=O)OCCOC(=O)C(C)C1CCCC(C)C1. The van der Waals surface area contributed by atoms with Crippen LogP contribution in [0.25, 0.3) is 0 Å². The van der Waals surface area contributed by atoms with Crippen molar-refractivity contribution in [2.75, 3.05) is 13.2 Å². The molecule has 3 unspecified atom stereocenters. The van der Waals surface area contributed by atoms with Crippen LogP contribution in [-0.2, 0) is 19.1 Å². The molecule has 1 fully saturated rings. The zero-order valence-corrected chi connectivity index (χ0v) is 12.3. The van der Waals surface area contributed by atoms with Crippen molar-refractivity contribution in [1.29, 1.82) is 0 Å². The summed E-state index contributed by atoms with van der Waals surface area (Å²) in [5.41, 5.74) is 0. The van der Waals surface area contributed by atoms with Gasteiger partial charge in [0.25, 0.3) is 0 Å². The molecule has 3 atom stereocenters. The van der Waals surface area contributed by atoms with Gasteiger partial charge in [0.05, 0.1) is 5.92 Å². The molecular weight excluding hydrogens is 244 g/mol. The molecule has 0 saturated heterocycles. The van der Waals surface area contributed by atoms with Crippen LogP contribution in [0, 0.1) is 17.8 Å². The summed E-state index contributed by atoms with van der Waals surface area (Å²) in [4.78, 5) is 22.8. The fourth-order valence-corrected chi connectivity index (χ4v) is 2.66. The molecule has 1 aliphatic carbocycles. The molecular formula is C15H26O4. The van der Waals surface area contributed by atoms with Gasteiger partial charge >= 0.3 is 11.9 Å². The minimum atomic E-state index is -0.259. The normalized spacial score (nSPS) is 24.6. The highest BCUT2D eigenvalue weighted by Crippen LogP contribution is 2.33. The summed E-state index contributed by atoms with van der Waals surface area (Å²) in [5.74, 6) is 0.676. The van der Waals surface area contributed by atoms with E-state index in [4.69, 9.17) is 9.47 Å². The Bertz CT molecular complexity index is 301. The standard InChI is InChI=1S/C15H26O4/c1-4-14(16)18-8-9-19-15(17)12(3)13-7-5-6-11(2)10-13/h11-13H,4-10H2,1-3H3. The van der Waals surface area contributed by atoms with Gasteiger partial charge in [-0.05, 0) is 24.7 Å². The third kappa shape index (κ3) is 5.62. The van der Waals surface area contributed by atoms with Crippen molar-refractivity contribution < 1.29 is 19.1 Å². The zero-order valence-electron chi connectivity index (χ0n) is 12.3. The van der Waals surface area contributed by atoms with E-state index in [1.54, 1.807) is 6.92 Å². The van der Waals surface area contributed by atoms with Crippen molar-refractivity contribution in [3.8, 4) is 0 Å². The summed E-state index contributed by atoms with van der Waals surface area (Å²) >= 11 is 0. The van der Waals surface area contributed by atoms with E-state index >= 15 is 0 Å². The molecule has 0 aromatic heterocycles. The monoisotopic (exact) mass is 270 g/mol. The van der Waals surface area contributed by atoms with Crippen molar-refractivity contribution >= 4 is 11.9 Å². The molecule has 0 spiro atoms. The van der Waals surface area contributed by atoms with Crippen molar-refractivity contribution in [2.24, 2.45) is 17.8 Å². The Hall–Kier alpha value is -1.06. The molecule has 0 amide bonds. The van der Waals surface area contributed by atoms with Crippen LogP contribution >= 0.6 is 0 Å². The van der Waals surface area contributed by atoms with Crippen molar-refractivity contribution in [3.63, 3.8) is 0 Å². The first-order valence-electron chi connectivity index (χ1n) is 7.36. The van der Waals surface area contributed by atoms with E-state index in [0.29, 0.717) is 18.3 Å². The van der Waals surface area contributed by atoms with Crippen LogP contribution in [-0.4, -0.2) is 25.2 Å². The van der Waals surface area contributed by atoms with Gasteiger partial charge in [-0.25, -0.2) is 0 Å². The maximum Gasteiger partial charge on any atom is 0.309 e. The molecule has 0 bridgehead atoms. The summed E-state index contributed by atoms with van der Waals surface area (Å²) in [6, 6.07) is 0. The van der Waals surface area contributed by atoms with Crippen molar-refractivity contribution in [2.45, 2.75) is 52.9 Å². The second kappa shape index (κ2) is 8.18. The fourth-order valence-electron chi connectivity index (χ4n) is 2.66. The smallest absolute Gasteiger partial charge is 0.309 e. The highest BCUT2D eigenvalue weighted by Gasteiger charge is 2.29. The predicted octanol–water partition coefficient (Wildman–Crippen LogP) is 2.95. The molecule has 110 valence electrons. The number of rotatable bonds is 6. The Morgan fingerprint density at radius 1 is 1.21 bits per heavy atom. The zero-order chi connectivity index (χ0) is 14.3. The number of hydrogen-bond donors (Lipinski definition) is 0. The predicted molar refractivity (Wildman–Crippen MR) is 72.5 cm³/mol. The third-order valence-corrected chi connectivity index (χ3v) is 3.94. The van der Waals surface area contributed by atoms with Crippen LogP contribution < -0.4 is 0 Å². The Morgan fingerprint density at radius 2 is 1.89 bits per heavy atom. The van der Waals surface area contributed by atoms with Crippen LogP contribution in [0.1, 0.15) is 52.9 Å². The molecule has 0 aromatic carbocycles. The second-order valence-corrected chi connectivity index (χ2v) is 5.56. The molecule has 0 N–H and O–H groups in total. The van der Waals surface area contributed by atoms with Gasteiger partial charge in [-0.3, -0.25) is 9.59 Å². The van der Waals surface area contributed by atoms with Crippen LogP contribution in [0.3, 0.4) is 0 Å². The van der Waals surface area contributed by atoms with Crippen molar-refractivity contribution in [3.05, 3.63) is 0 Å². The summed E-state index contributed by atoms with van der Waals surface area (Å²) in [6.07, 6.45) is 5.06. The van der Waals surface area contributed by atoms with E-state index < -0.39 is 0 Å². The topological polar surface area (TPSA) is 52.6 Å². The van der Waals surface area contributed by atoms with Crippen LogP contribution in [0.2, 0.25) is 0 Å². The molecule has 1 saturated carbocycles. The number of esters is 2. The molecule has 0 aliphatic heterocycles. The lowest BCUT2D eigenvalue weighted by atomic mass is 9.76. The highest BCUT2D eigenvalue weighted by atomic mass is 16.6. The lowest BCUT2D eigenvalue weighted by Crippen LogP contribution is -2.28. The third-order valence-electron chi connectivity index (χ3n) is 3.94. The van der Waals surface area contributed by atoms with Gasteiger partial charge in [0.1, 0.15) is 13.2 Å². The average Bonchev–Trinajstić information content (AvgIpc) is 2.42. The first kappa shape index (κ1) is 16.0.